The Hall–Kier alpha value is -1.51. The van der Waals surface area contributed by atoms with Crippen LogP contribution in [0.4, 0.5) is 0 Å². The summed E-state index contributed by atoms with van der Waals surface area (Å²) >= 11 is 0. The van der Waals surface area contributed by atoms with Gasteiger partial charge < -0.3 is 9.84 Å². The molecule has 0 saturated carbocycles. The van der Waals surface area contributed by atoms with Gasteiger partial charge in [0, 0.05) is 0 Å². The van der Waals surface area contributed by atoms with Crippen LogP contribution in [-0.4, -0.2) is 18.2 Å². The molecule has 0 amide bonds. The Morgan fingerprint density at radius 1 is 1.50 bits per heavy atom. The van der Waals surface area contributed by atoms with E-state index in [0.29, 0.717) is 5.75 Å². The second-order valence-corrected chi connectivity index (χ2v) is 3.11. The van der Waals surface area contributed by atoms with Crippen molar-refractivity contribution in [2.45, 2.75) is 20.3 Å². The topological polar surface area (TPSA) is 46.5 Å². The number of benzene rings is 1. The first-order valence-electron chi connectivity index (χ1n) is 4.51. The Labute approximate surface area is 83.3 Å². The molecular formula is C11H14O3. The zero-order valence-corrected chi connectivity index (χ0v) is 8.63. The molecule has 0 aliphatic heterocycles. The van der Waals surface area contributed by atoms with Gasteiger partial charge in [-0.25, -0.2) is 4.79 Å². The molecule has 0 aliphatic rings. The summed E-state index contributed by atoms with van der Waals surface area (Å²) in [6.45, 7) is 3.74. The van der Waals surface area contributed by atoms with E-state index in [9.17, 15) is 4.79 Å². The molecule has 0 unspecified atom stereocenters. The number of ether oxygens (including phenoxy) is 1. The number of carboxylic acid groups (broad SMARTS) is 1. The maximum absolute atomic E-state index is 11.0. The Kier molecular flexibility index (Phi) is 3.12. The molecule has 0 aliphatic carbocycles. The molecule has 1 N–H and O–H groups in total. The molecule has 0 spiro atoms. The lowest BCUT2D eigenvalue weighted by molar-refractivity contribution is 0.0692. The third-order valence-electron chi connectivity index (χ3n) is 2.25. The van der Waals surface area contributed by atoms with Crippen molar-refractivity contribution in [3.05, 3.63) is 28.8 Å². The summed E-state index contributed by atoms with van der Waals surface area (Å²) in [6, 6.07) is 3.71. The van der Waals surface area contributed by atoms with Gasteiger partial charge in [-0.05, 0) is 24.5 Å². The van der Waals surface area contributed by atoms with Gasteiger partial charge in [0.2, 0.25) is 0 Å². The van der Waals surface area contributed by atoms with E-state index in [1.165, 1.54) is 7.11 Å². The van der Waals surface area contributed by atoms with Crippen LogP contribution >= 0.6 is 0 Å². The van der Waals surface area contributed by atoms with Crippen molar-refractivity contribution >= 4 is 5.97 Å². The minimum Gasteiger partial charge on any atom is -0.496 e. The number of hydrogen-bond donors (Lipinski definition) is 1. The van der Waals surface area contributed by atoms with Gasteiger partial charge in [0.15, 0.2) is 0 Å². The first-order chi connectivity index (χ1) is 6.61. The molecule has 0 atom stereocenters. The number of methoxy groups -OCH3 is 1. The summed E-state index contributed by atoms with van der Waals surface area (Å²) in [4.78, 5) is 11.0. The van der Waals surface area contributed by atoms with Crippen LogP contribution < -0.4 is 4.74 Å². The summed E-state index contributed by atoms with van der Waals surface area (Å²) in [6.07, 6.45) is 0.768. The third kappa shape index (κ3) is 1.71. The van der Waals surface area contributed by atoms with Crippen molar-refractivity contribution in [2.24, 2.45) is 0 Å². The summed E-state index contributed by atoms with van der Waals surface area (Å²) in [5, 5.41) is 9.02. The predicted octanol–water partition coefficient (Wildman–Crippen LogP) is 2.26. The molecule has 3 nitrogen and oxygen atoms in total. The molecule has 1 aromatic carbocycles. The Morgan fingerprint density at radius 2 is 2.14 bits per heavy atom. The quantitative estimate of drug-likeness (QED) is 0.802. The van der Waals surface area contributed by atoms with Gasteiger partial charge in [-0.1, -0.05) is 19.1 Å². The molecule has 0 fully saturated rings. The molecule has 0 radical (unpaired) electrons. The van der Waals surface area contributed by atoms with E-state index >= 15 is 0 Å². The fraction of sp³-hybridized carbons (Fsp3) is 0.364. The highest BCUT2D eigenvalue weighted by molar-refractivity contribution is 5.93. The van der Waals surface area contributed by atoms with Crippen molar-refractivity contribution in [3.63, 3.8) is 0 Å². The second kappa shape index (κ2) is 4.13. The molecule has 1 aromatic rings. The average molecular weight is 194 g/mol. The highest BCUT2D eigenvalue weighted by Gasteiger charge is 2.16. The highest BCUT2D eigenvalue weighted by Crippen LogP contribution is 2.27. The van der Waals surface area contributed by atoms with Crippen molar-refractivity contribution in [3.8, 4) is 5.75 Å². The van der Waals surface area contributed by atoms with E-state index in [-0.39, 0.29) is 5.56 Å². The number of carbonyl (C=O) groups is 1. The monoisotopic (exact) mass is 194 g/mol. The van der Waals surface area contributed by atoms with Gasteiger partial charge >= 0.3 is 5.97 Å². The third-order valence-corrected chi connectivity index (χ3v) is 2.25. The van der Waals surface area contributed by atoms with Gasteiger partial charge in [-0.2, -0.15) is 0 Å². The zero-order valence-electron chi connectivity index (χ0n) is 8.63. The number of aromatic carboxylic acids is 1. The average Bonchev–Trinajstić information content (AvgIpc) is 2.16. The molecule has 0 aromatic heterocycles. The predicted molar refractivity (Wildman–Crippen MR) is 54.1 cm³/mol. The van der Waals surface area contributed by atoms with Crippen LogP contribution in [0.5, 0.6) is 5.75 Å². The lowest BCUT2D eigenvalue weighted by Crippen LogP contribution is -2.05. The molecule has 0 bridgehead atoms. The van der Waals surface area contributed by atoms with E-state index in [1.807, 2.05) is 19.1 Å². The van der Waals surface area contributed by atoms with E-state index < -0.39 is 5.97 Å². The zero-order chi connectivity index (χ0) is 10.7. The van der Waals surface area contributed by atoms with Gasteiger partial charge in [0.1, 0.15) is 11.3 Å². The molecule has 3 heteroatoms. The van der Waals surface area contributed by atoms with Crippen molar-refractivity contribution in [1.82, 2.24) is 0 Å². The van der Waals surface area contributed by atoms with Crippen LogP contribution in [0.1, 0.15) is 28.4 Å². The van der Waals surface area contributed by atoms with Crippen molar-refractivity contribution < 1.29 is 14.6 Å². The first-order valence-corrected chi connectivity index (χ1v) is 4.51. The maximum Gasteiger partial charge on any atom is 0.339 e. The number of carboxylic acids is 1. The molecule has 0 heterocycles. The molecule has 76 valence electrons. The normalized spacial score (nSPS) is 9.93. The number of hydrogen-bond acceptors (Lipinski definition) is 2. The fourth-order valence-electron chi connectivity index (χ4n) is 1.50. The second-order valence-electron chi connectivity index (χ2n) is 3.11. The summed E-state index contributed by atoms with van der Waals surface area (Å²) in [5.74, 6) is -0.449. The maximum atomic E-state index is 11.0. The number of aryl methyl sites for hydroxylation is 2. The lowest BCUT2D eigenvalue weighted by atomic mass is 10.0. The SMILES string of the molecule is CCc1ccc(C)c(C(=O)O)c1OC. The minimum atomic E-state index is -0.936. The van der Waals surface area contributed by atoms with E-state index in [2.05, 4.69) is 0 Å². The van der Waals surface area contributed by atoms with Gasteiger partial charge in [-0.15, -0.1) is 0 Å². The van der Waals surface area contributed by atoms with Crippen LogP contribution in [0.25, 0.3) is 0 Å². The van der Waals surface area contributed by atoms with Gasteiger partial charge in [0.05, 0.1) is 7.11 Å². The first kappa shape index (κ1) is 10.6. The smallest absolute Gasteiger partial charge is 0.339 e. The summed E-state index contributed by atoms with van der Waals surface area (Å²) in [7, 11) is 1.50. The Morgan fingerprint density at radius 3 is 2.57 bits per heavy atom. The van der Waals surface area contributed by atoms with Crippen molar-refractivity contribution in [1.29, 1.82) is 0 Å². The van der Waals surface area contributed by atoms with Crippen molar-refractivity contribution in [2.75, 3.05) is 7.11 Å². The molecule has 0 saturated heterocycles. The van der Waals surface area contributed by atoms with Gasteiger partial charge in [0.25, 0.3) is 0 Å². The van der Waals surface area contributed by atoms with E-state index in [1.54, 1.807) is 6.92 Å². The fourth-order valence-corrected chi connectivity index (χ4v) is 1.50. The van der Waals surface area contributed by atoms with Crippen LogP contribution in [0.2, 0.25) is 0 Å². The van der Waals surface area contributed by atoms with Crippen LogP contribution in [-0.2, 0) is 6.42 Å². The summed E-state index contributed by atoms with van der Waals surface area (Å²) < 4.78 is 5.13. The van der Waals surface area contributed by atoms with E-state index in [0.717, 1.165) is 17.5 Å². The van der Waals surface area contributed by atoms with Gasteiger partial charge in [-0.3, -0.25) is 0 Å². The summed E-state index contributed by atoms with van der Waals surface area (Å²) in [5.41, 5.74) is 1.92. The van der Waals surface area contributed by atoms with E-state index in [4.69, 9.17) is 9.84 Å². The highest BCUT2D eigenvalue weighted by atomic mass is 16.5. The standard InChI is InChI=1S/C11H14O3/c1-4-8-6-5-7(2)9(11(12)13)10(8)14-3/h5-6H,4H2,1-3H3,(H,12,13). The Balaban J connectivity index is 3.42. The minimum absolute atomic E-state index is 0.270. The largest absolute Gasteiger partial charge is 0.496 e. The molecular weight excluding hydrogens is 180 g/mol. The van der Waals surface area contributed by atoms with Crippen LogP contribution in [0, 0.1) is 6.92 Å². The van der Waals surface area contributed by atoms with Crippen LogP contribution in [0.3, 0.4) is 0 Å². The lowest BCUT2D eigenvalue weighted by Gasteiger charge is -2.11. The number of rotatable bonds is 3. The Bertz CT molecular complexity index is 356. The van der Waals surface area contributed by atoms with Crippen LogP contribution in [0.15, 0.2) is 12.1 Å². The molecule has 14 heavy (non-hydrogen) atoms. The molecule has 1 rings (SSSR count).